The number of hydrogen-bond donors (Lipinski definition) is 4. The largest absolute Gasteiger partial charge is 1.00 e. The van der Waals surface area contributed by atoms with Gasteiger partial charge in [-0.1, -0.05) is 6.07 Å². The minimum Gasteiger partial charge on any atom is -0.748 e. The molecule has 3 aromatic rings. The molecule has 0 radical (unpaired) electrons. The molecule has 2 heterocycles. The number of halogens is 2. The maximum Gasteiger partial charge on any atom is 1.00 e. The minimum absolute atomic E-state index is 0. The molecule has 4 N–H and O–H groups in total. The summed E-state index contributed by atoms with van der Waals surface area (Å²) in [6.07, 6.45) is 0. The first-order chi connectivity index (χ1) is 16.8. The van der Waals surface area contributed by atoms with E-state index in [4.69, 9.17) is 23.2 Å². The number of hydrogen-bond acceptors (Lipinski definition) is 16. The van der Waals surface area contributed by atoms with Gasteiger partial charge in [-0.2, -0.15) is 29.9 Å². The number of anilines is 6. The van der Waals surface area contributed by atoms with Crippen molar-refractivity contribution >= 4 is 78.6 Å². The van der Waals surface area contributed by atoms with Crippen molar-refractivity contribution in [2.24, 2.45) is 0 Å². The van der Waals surface area contributed by atoms with Crippen LogP contribution < -0.4 is 80.4 Å². The summed E-state index contributed by atoms with van der Waals surface area (Å²) in [5.74, 6) is -1.35. The van der Waals surface area contributed by atoms with E-state index < -0.39 is 31.7 Å². The maximum atomic E-state index is 10.7. The predicted molar refractivity (Wildman–Crippen MR) is 129 cm³/mol. The van der Waals surface area contributed by atoms with Gasteiger partial charge in [-0.15, -0.1) is 0 Å². The monoisotopic (exact) mass is 624 g/mol. The quantitative estimate of drug-likeness (QED) is 0.109. The molecule has 0 saturated heterocycles. The van der Waals surface area contributed by atoms with Crippen LogP contribution in [0.3, 0.4) is 0 Å². The molecule has 0 atom stereocenters. The van der Waals surface area contributed by atoms with E-state index in [1.54, 1.807) is 24.3 Å². The van der Waals surface area contributed by atoms with E-state index in [0.717, 1.165) is 0 Å². The van der Waals surface area contributed by atoms with Crippen molar-refractivity contribution < 1.29 is 85.1 Å². The molecular formula is C16H16Cl2N10Na2O6S2. The molecule has 0 unspecified atom stereocenters. The van der Waals surface area contributed by atoms with E-state index in [-0.39, 0.29) is 107 Å². The molecule has 22 heteroatoms. The molecule has 1 aromatic carbocycles. The first-order valence-electron chi connectivity index (χ1n) is 9.67. The first kappa shape index (κ1) is 34.9. The molecule has 3 rings (SSSR count). The van der Waals surface area contributed by atoms with Gasteiger partial charge in [-0.3, -0.25) is 0 Å². The molecule has 0 aliphatic rings. The van der Waals surface area contributed by atoms with Crippen LogP contribution in [-0.4, -0.2) is 80.4 Å². The average molecular weight is 625 g/mol. The Hall–Kier alpha value is -1.16. The van der Waals surface area contributed by atoms with Crippen LogP contribution in [0.2, 0.25) is 10.6 Å². The van der Waals surface area contributed by atoms with Crippen LogP contribution in [0.15, 0.2) is 24.3 Å². The van der Waals surface area contributed by atoms with Gasteiger partial charge in [0.05, 0.1) is 31.7 Å². The van der Waals surface area contributed by atoms with Gasteiger partial charge in [-0.05, 0) is 41.4 Å². The van der Waals surface area contributed by atoms with E-state index in [1.807, 2.05) is 0 Å². The normalized spacial score (nSPS) is 11.1. The Morgan fingerprint density at radius 2 is 1.03 bits per heavy atom. The van der Waals surface area contributed by atoms with Crippen LogP contribution in [0.25, 0.3) is 0 Å². The summed E-state index contributed by atoms with van der Waals surface area (Å²) < 4.78 is 64.4. The van der Waals surface area contributed by atoms with Crippen LogP contribution in [-0.2, 0) is 20.2 Å². The van der Waals surface area contributed by atoms with Crippen LogP contribution in [0.4, 0.5) is 35.2 Å². The third kappa shape index (κ3) is 13.3. The van der Waals surface area contributed by atoms with E-state index >= 15 is 0 Å². The van der Waals surface area contributed by atoms with E-state index in [2.05, 4.69) is 51.2 Å². The van der Waals surface area contributed by atoms with Crippen molar-refractivity contribution in [3.8, 4) is 0 Å². The predicted octanol–water partition coefficient (Wildman–Crippen LogP) is -5.23. The summed E-state index contributed by atoms with van der Waals surface area (Å²) in [5, 5.41) is 10.6. The van der Waals surface area contributed by atoms with Gasteiger partial charge in [0.15, 0.2) is 0 Å². The standard InChI is InChI=1S/C16H18Cl2N10O6S2.2Na/c17-11-23-13(19-4-6-35(29,30)31)27-15(25-11)21-9-2-1-3-10(8-9)22-16-26-12(18)24-14(28-16)20-5-7-36(32,33)34;;/h1-3,8H,4-7H2,(H,29,30,31)(H,32,33,34)(H2,19,21,23,25,27)(H2,20,22,24,26,28);;/q;2*+1/p-2. The van der Waals surface area contributed by atoms with Crippen molar-refractivity contribution in [3.63, 3.8) is 0 Å². The summed E-state index contributed by atoms with van der Waals surface area (Å²) in [6, 6.07) is 6.66. The number of rotatable bonds is 12. The summed E-state index contributed by atoms with van der Waals surface area (Å²) in [7, 11) is -8.82. The van der Waals surface area contributed by atoms with Crippen molar-refractivity contribution in [1.29, 1.82) is 0 Å². The molecule has 0 aliphatic heterocycles. The molecule has 0 saturated carbocycles. The van der Waals surface area contributed by atoms with Gasteiger partial charge in [0.1, 0.15) is 0 Å². The molecule has 0 bridgehead atoms. The summed E-state index contributed by atoms with van der Waals surface area (Å²) in [6.45, 7) is -0.438. The van der Waals surface area contributed by atoms with Crippen LogP contribution >= 0.6 is 23.2 Å². The van der Waals surface area contributed by atoms with E-state index in [0.29, 0.717) is 11.4 Å². The fourth-order valence-electron chi connectivity index (χ4n) is 2.48. The van der Waals surface area contributed by atoms with Crippen molar-refractivity contribution in [2.75, 3.05) is 45.9 Å². The molecule has 0 spiro atoms. The maximum absolute atomic E-state index is 10.7. The van der Waals surface area contributed by atoms with Gasteiger partial charge in [-0.25, -0.2) is 16.8 Å². The number of aromatic nitrogens is 6. The first-order valence-corrected chi connectivity index (χ1v) is 13.6. The summed E-state index contributed by atoms with van der Waals surface area (Å²) >= 11 is 11.8. The molecule has 16 nitrogen and oxygen atoms in total. The molecule has 38 heavy (non-hydrogen) atoms. The van der Waals surface area contributed by atoms with Crippen molar-refractivity contribution in [3.05, 3.63) is 34.8 Å². The molecule has 0 fully saturated rings. The van der Waals surface area contributed by atoms with Crippen molar-refractivity contribution in [1.82, 2.24) is 29.9 Å². The third-order valence-electron chi connectivity index (χ3n) is 3.86. The molecule has 0 aliphatic carbocycles. The number of nitrogens with one attached hydrogen (secondary N) is 4. The average Bonchev–Trinajstić information content (AvgIpc) is 2.71. The van der Waals surface area contributed by atoms with Crippen LogP contribution in [0.5, 0.6) is 0 Å². The fourth-order valence-corrected chi connectivity index (χ4v) is 3.50. The third-order valence-corrected chi connectivity index (χ3v) is 5.61. The molecule has 194 valence electrons. The Morgan fingerprint density at radius 1 is 0.658 bits per heavy atom. The molecular weight excluding hydrogens is 609 g/mol. The van der Waals surface area contributed by atoms with E-state index in [9.17, 15) is 25.9 Å². The number of benzene rings is 1. The van der Waals surface area contributed by atoms with Gasteiger partial charge < -0.3 is 30.4 Å². The van der Waals surface area contributed by atoms with Gasteiger partial charge in [0.25, 0.3) is 0 Å². The Balaban J connectivity index is 0.00000361. The van der Waals surface area contributed by atoms with Gasteiger partial charge in [0.2, 0.25) is 34.4 Å². The smallest absolute Gasteiger partial charge is 0.748 e. The van der Waals surface area contributed by atoms with Gasteiger partial charge >= 0.3 is 59.1 Å². The van der Waals surface area contributed by atoms with Crippen LogP contribution in [0.1, 0.15) is 0 Å². The Kier molecular flexibility index (Phi) is 14.3. The second-order valence-electron chi connectivity index (χ2n) is 6.71. The Bertz CT molecular complexity index is 1350. The zero-order chi connectivity index (χ0) is 26.3. The second-order valence-corrected chi connectivity index (χ2v) is 10.4. The second kappa shape index (κ2) is 15.6. The zero-order valence-electron chi connectivity index (χ0n) is 19.8. The molecule has 2 aromatic heterocycles. The SMILES string of the molecule is O=S(=O)([O-])CCNc1nc(Cl)nc(Nc2cccc(Nc3nc(Cl)nc(NCCS(=O)(=O)[O-])n3)c2)n1.[Na+].[Na+]. The van der Waals surface area contributed by atoms with Gasteiger partial charge in [0, 0.05) is 24.5 Å². The summed E-state index contributed by atoms with van der Waals surface area (Å²) in [4.78, 5) is 23.6. The number of nitrogens with zero attached hydrogens (tertiary/aromatic N) is 6. The van der Waals surface area contributed by atoms with E-state index in [1.165, 1.54) is 0 Å². The zero-order valence-corrected chi connectivity index (χ0v) is 27.0. The summed E-state index contributed by atoms with van der Waals surface area (Å²) in [5.41, 5.74) is 0.990. The fraction of sp³-hybridized carbons (Fsp3) is 0.250. The Morgan fingerprint density at radius 3 is 1.39 bits per heavy atom. The van der Waals surface area contributed by atoms with Crippen LogP contribution in [0, 0.1) is 0 Å². The minimum atomic E-state index is -4.41. The topological polar surface area (TPSA) is 240 Å². The molecule has 0 amide bonds. The van der Waals surface area contributed by atoms with Crippen molar-refractivity contribution in [2.45, 2.75) is 0 Å². The Labute approximate surface area is 271 Å².